The minimum Gasteiger partial charge on any atom is -0.342 e. The summed E-state index contributed by atoms with van der Waals surface area (Å²) in [4.78, 5) is 22.9. The van der Waals surface area contributed by atoms with Crippen molar-refractivity contribution in [1.29, 1.82) is 0 Å². The van der Waals surface area contributed by atoms with Crippen molar-refractivity contribution >= 4 is 28.7 Å². The van der Waals surface area contributed by atoms with E-state index in [0.717, 1.165) is 34.7 Å². The third-order valence-electron chi connectivity index (χ3n) is 5.12. The average Bonchev–Trinajstić information content (AvgIpc) is 3.16. The molecule has 0 fully saturated rings. The summed E-state index contributed by atoms with van der Waals surface area (Å²) in [7, 11) is 0. The monoisotopic (exact) mass is 466 g/mol. The maximum Gasteiger partial charge on any atom is 0.416 e. The maximum atomic E-state index is 12.9. The molecular weight excluding hydrogens is 449 g/mol. The molecule has 0 radical (unpaired) electrons. The molecule has 0 unspecified atom stereocenters. The fourth-order valence-electron chi connectivity index (χ4n) is 3.54. The van der Waals surface area contributed by atoms with Crippen LogP contribution >= 0.6 is 0 Å². The standard InChI is InChI=1S/C24H17F3N4O3/c25-24(26,27)19-7-4-6-17(12-19)23(32)29-28-13-18-15-30(22-10-2-1-9-21(18)22)14-16-5-3-8-20(11-16)31(33)34/h1-13,15H,14H2,(H,29,32)/b28-13-. The lowest BCUT2D eigenvalue weighted by atomic mass is 10.1. The van der Waals surface area contributed by atoms with Crippen LogP contribution in [-0.2, 0) is 12.7 Å². The number of nitrogens with zero attached hydrogens (tertiary/aromatic N) is 3. The van der Waals surface area contributed by atoms with Crippen LogP contribution in [0.15, 0.2) is 84.1 Å². The van der Waals surface area contributed by atoms with Gasteiger partial charge in [0, 0.05) is 46.9 Å². The van der Waals surface area contributed by atoms with Gasteiger partial charge >= 0.3 is 6.18 Å². The number of carbonyl (C=O) groups excluding carboxylic acids is 1. The van der Waals surface area contributed by atoms with Gasteiger partial charge < -0.3 is 4.57 Å². The number of alkyl halides is 3. The SMILES string of the molecule is O=C(N/N=C\c1cn(Cc2cccc([N+](=O)[O-])c2)c2ccccc12)c1cccc(C(F)(F)F)c1. The highest BCUT2D eigenvalue weighted by atomic mass is 19.4. The Morgan fingerprint density at radius 2 is 1.82 bits per heavy atom. The minimum absolute atomic E-state index is 0.00643. The van der Waals surface area contributed by atoms with E-state index in [1.54, 1.807) is 18.3 Å². The number of halogens is 3. The zero-order valence-corrected chi connectivity index (χ0v) is 17.5. The molecule has 0 bridgehead atoms. The number of nitro groups is 1. The summed E-state index contributed by atoms with van der Waals surface area (Å²) in [5.74, 6) is -0.775. The molecule has 0 saturated heterocycles. The Morgan fingerprint density at radius 3 is 2.59 bits per heavy atom. The number of hydrazone groups is 1. The Morgan fingerprint density at radius 1 is 1.06 bits per heavy atom. The highest BCUT2D eigenvalue weighted by Crippen LogP contribution is 2.29. The van der Waals surface area contributed by atoms with Crippen molar-refractivity contribution in [2.45, 2.75) is 12.7 Å². The number of benzene rings is 3. The van der Waals surface area contributed by atoms with Gasteiger partial charge in [0.25, 0.3) is 11.6 Å². The average molecular weight is 466 g/mol. The highest BCUT2D eigenvalue weighted by Gasteiger charge is 2.30. The lowest BCUT2D eigenvalue weighted by molar-refractivity contribution is -0.384. The summed E-state index contributed by atoms with van der Waals surface area (Å²) in [6.07, 6.45) is -1.37. The van der Waals surface area contributed by atoms with Crippen LogP contribution in [0.1, 0.15) is 27.0 Å². The number of amides is 1. The first-order chi connectivity index (χ1) is 16.2. The van der Waals surface area contributed by atoms with E-state index in [2.05, 4.69) is 10.5 Å². The molecule has 1 N–H and O–H groups in total. The van der Waals surface area contributed by atoms with E-state index in [-0.39, 0.29) is 11.3 Å². The zero-order chi connectivity index (χ0) is 24.3. The highest BCUT2D eigenvalue weighted by molar-refractivity contribution is 6.00. The number of hydrogen-bond donors (Lipinski definition) is 1. The summed E-state index contributed by atoms with van der Waals surface area (Å²) in [5.41, 5.74) is 3.39. The molecule has 0 spiro atoms. The van der Waals surface area contributed by atoms with Gasteiger partial charge in [-0.25, -0.2) is 5.43 Å². The minimum atomic E-state index is -4.55. The smallest absolute Gasteiger partial charge is 0.342 e. The third kappa shape index (κ3) is 4.96. The predicted molar refractivity (Wildman–Crippen MR) is 121 cm³/mol. The summed E-state index contributed by atoms with van der Waals surface area (Å²) >= 11 is 0. The van der Waals surface area contributed by atoms with E-state index in [1.165, 1.54) is 24.4 Å². The second-order valence-corrected chi connectivity index (χ2v) is 7.43. The Balaban J connectivity index is 1.56. The van der Waals surface area contributed by atoms with E-state index in [0.29, 0.717) is 12.1 Å². The van der Waals surface area contributed by atoms with Crippen molar-refractivity contribution in [3.63, 3.8) is 0 Å². The molecule has 4 rings (SSSR count). The van der Waals surface area contributed by atoms with Gasteiger partial charge in [-0.1, -0.05) is 36.4 Å². The molecule has 3 aromatic carbocycles. The molecular formula is C24H17F3N4O3. The van der Waals surface area contributed by atoms with Crippen molar-refractivity contribution in [2.75, 3.05) is 0 Å². The van der Waals surface area contributed by atoms with Crippen LogP contribution in [0.3, 0.4) is 0 Å². The number of nitrogens with one attached hydrogen (secondary N) is 1. The lowest BCUT2D eigenvalue weighted by Gasteiger charge is -2.07. The van der Waals surface area contributed by atoms with Crippen molar-refractivity contribution in [3.8, 4) is 0 Å². The maximum absolute atomic E-state index is 12.9. The first-order valence-electron chi connectivity index (χ1n) is 10.0. The number of carbonyl (C=O) groups is 1. The van der Waals surface area contributed by atoms with Gasteiger partial charge in [-0.15, -0.1) is 0 Å². The van der Waals surface area contributed by atoms with Gasteiger partial charge in [0.1, 0.15) is 0 Å². The molecule has 1 amide bonds. The van der Waals surface area contributed by atoms with Crippen molar-refractivity contribution < 1.29 is 22.9 Å². The van der Waals surface area contributed by atoms with Crippen LogP contribution < -0.4 is 5.43 Å². The van der Waals surface area contributed by atoms with Gasteiger partial charge in [0.2, 0.25) is 0 Å². The van der Waals surface area contributed by atoms with Crippen molar-refractivity contribution in [3.05, 3.63) is 111 Å². The van der Waals surface area contributed by atoms with Gasteiger partial charge in [0.05, 0.1) is 16.7 Å². The van der Waals surface area contributed by atoms with E-state index in [1.807, 2.05) is 28.8 Å². The summed E-state index contributed by atoms with van der Waals surface area (Å²) < 4.78 is 40.5. The molecule has 34 heavy (non-hydrogen) atoms. The van der Waals surface area contributed by atoms with Crippen LogP contribution in [0, 0.1) is 10.1 Å². The fourth-order valence-corrected chi connectivity index (χ4v) is 3.54. The molecule has 0 aliphatic rings. The quantitative estimate of drug-likeness (QED) is 0.235. The molecule has 1 heterocycles. The second kappa shape index (κ2) is 9.18. The van der Waals surface area contributed by atoms with Gasteiger partial charge in [-0.05, 0) is 29.8 Å². The first kappa shape index (κ1) is 22.7. The molecule has 0 aliphatic heterocycles. The summed E-state index contributed by atoms with van der Waals surface area (Å²) in [5, 5.41) is 15.8. The van der Waals surface area contributed by atoms with Crippen LogP contribution in [-0.4, -0.2) is 21.6 Å². The van der Waals surface area contributed by atoms with Crippen LogP contribution in [0.5, 0.6) is 0 Å². The number of non-ortho nitro benzene ring substituents is 1. The summed E-state index contributed by atoms with van der Waals surface area (Å²) in [6.45, 7) is 0.368. The predicted octanol–water partition coefficient (Wildman–Crippen LogP) is 5.38. The first-order valence-corrected chi connectivity index (χ1v) is 10.0. The number of hydrogen-bond acceptors (Lipinski definition) is 4. The molecule has 172 valence electrons. The molecule has 0 saturated carbocycles. The Bertz CT molecular complexity index is 1410. The fraction of sp³-hybridized carbons (Fsp3) is 0.0833. The van der Waals surface area contributed by atoms with Crippen molar-refractivity contribution in [1.82, 2.24) is 9.99 Å². The van der Waals surface area contributed by atoms with Crippen LogP contribution in [0.25, 0.3) is 10.9 Å². The van der Waals surface area contributed by atoms with E-state index in [4.69, 9.17) is 0 Å². The van der Waals surface area contributed by atoms with Crippen molar-refractivity contribution in [2.24, 2.45) is 5.10 Å². The summed E-state index contributed by atoms with van der Waals surface area (Å²) in [6, 6.07) is 17.8. The second-order valence-electron chi connectivity index (χ2n) is 7.43. The van der Waals surface area contributed by atoms with Gasteiger partial charge in [-0.3, -0.25) is 14.9 Å². The van der Waals surface area contributed by atoms with Gasteiger partial charge in [0.15, 0.2) is 0 Å². The van der Waals surface area contributed by atoms with E-state index in [9.17, 15) is 28.1 Å². The molecule has 1 aromatic heterocycles. The van der Waals surface area contributed by atoms with Crippen LogP contribution in [0.4, 0.5) is 18.9 Å². The Kier molecular flexibility index (Phi) is 6.13. The molecule has 7 nitrogen and oxygen atoms in total. The normalized spacial score (nSPS) is 11.7. The molecule has 0 atom stereocenters. The zero-order valence-electron chi connectivity index (χ0n) is 17.5. The third-order valence-corrected chi connectivity index (χ3v) is 5.12. The Hall–Kier alpha value is -4.47. The molecule has 4 aromatic rings. The van der Waals surface area contributed by atoms with Crippen LogP contribution in [0.2, 0.25) is 0 Å². The van der Waals surface area contributed by atoms with E-state index < -0.39 is 22.6 Å². The number of rotatable bonds is 6. The lowest BCUT2D eigenvalue weighted by Crippen LogP contribution is -2.18. The largest absolute Gasteiger partial charge is 0.416 e. The number of aromatic nitrogens is 1. The van der Waals surface area contributed by atoms with Gasteiger partial charge in [-0.2, -0.15) is 18.3 Å². The topological polar surface area (TPSA) is 89.5 Å². The number of para-hydroxylation sites is 1. The molecule has 10 heteroatoms. The van der Waals surface area contributed by atoms with E-state index >= 15 is 0 Å². The Labute approximate surface area is 191 Å². The number of fused-ring (bicyclic) bond motifs is 1. The molecule has 0 aliphatic carbocycles. The number of nitro benzene ring substituents is 1.